The van der Waals surface area contributed by atoms with E-state index in [9.17, 15) is 0 Å². The van der Waals surface area contributed by atoms with E-state index in [2.05, 4.69) is 41.7 Å². The van der Waals surface area contributed by atoms with Crippen LogP contribution in [-0.2, 0) is 0 Å². The van der Waals surface area contributed by atoms with E-state index in [-0.39, 0.29) is 5.92 Å². The number of benzene rings is 2. The molecule has 0 fully saturated rings. The highest BCUT2D eigenvalue weighted by molar-refractivity contribution is 5.57. The third kappa shape index (κ3) is 2.05. The van der Waals surface area contributed by atoms with Crippen molar-refractivity contribution in [2.45, 2.75) is 5.92 Å². The molecule has 0 saturated heterocycles. The van der Waals surface area contributed by atoms with Crippen molar-refractivity contribution in [2.75, 3.05) is 0 Å². The van der Waals surface area contributed by atoms with Gasteiger partial charge in [0.1, 0.15) is 11.5 Å². The highest BCUT2D eigenvalue weighted by atomic mass is 16.5. The van der Waals surface area contributed by atoms with Crippen molar-refractivity contribution >= 4 is 0 Å². The second-order valence-corrected chi connectivity index (χ2v) is 5.12. The Balaban J connectivity index is 1.91. The predicted molar refractivity (Wildman–Crippen MR) is 84.3 cm³/mol. The van der Waals surface area contributed by atoms with Crippen LogP contribution in [0.25, 0.3) is 0 Å². The summed E-state index contributed by atoms with van der Waals surface area (Å²) in [5.41, 5.74) is 3.54. The molecule has 2 heterocycles. The molecule has 1 N–H and O–H groups in total. The van der Waals surface area contributed by atoms with Gasteiger partial charge in [0, 0.05) is 23.0 Å². The van der Waals surface area contributed by atoms with Gasteiger partial charge in [-0.15, -0.1) is 0 Å². The van der Waals surface area contributed by atoms with Gasteiger partial charge in [0.15, 0.2) is 0 Å². The Morgan fingerprint density at radius 3 is 2.14 bits per heavy atom. The molecule has 0 radical (unpaired) electrons. The van der Waals surface area contributed by atoms with Crippen LogP contribution >= 0.6 is 0 Å². The number of hydrogen-bond acceptors (Lipinski definition) is 2. The van der Waals surface area contributed by atoms with Crippen LogP contribution in [0, 0.1) is 0 Å². The standard InChI is InChI=1S/C19H15NO/c1-2-10-16(20-13-7-1)19-14-8-3-5-11-17(14)21-18-12-6-4-9-15(18)19/h1-13,19-20H. The van der Waals surface area contributed by atoms with E-state index >= 15 is 0 Å². The first-order chi connectivity index (χ1) is 10.4. The molecule has 0 saturated carbocycles. The average molecular weight is 273 g/mol. The van der Waals surface area contributed by atoms with Crippen LogP contribution in [0.3, 0.4) is 0 Å². The number of rotatable bonds is 1. The minimum absolute atomic E-state index is 0.165. The molecule has 2 heteroatoms. The van der Waals surface area contributed by atoms with E-state index in [1.165, 1.54) is 11.1 Å². The second-order valence-electron chi connectivity index (χ2n) is 5.12. The first-order valence-electron chi connectivity index (χ1n) is 7.09. The monoisotopic (exact) mass is 273 g/mol. The summed E-state index contributed by atoms with van der Waals surface area (Å²) >= 11 is 0. The largest absolute Gasteiger partial charge is 0.457 e. The molecule has 21 heavy (non-hydrogen) atoms. The fraction of sp³-hybridized carbons (Fsp3) is 0.0526. The topological polar surface area (TPSA) is 21.3 Å². The smallest absolute Gasteiger partial charge is 0.131 e. The minimum atomic E-state index is 0.165. The van der Waals surface area contributed by atoms with Crippen LogP contribution in [-0.4, -0.2) is 0 Å². The van der Waals surface area contributed by atoms with Crippen LogP contribution in [0.2, 0.25) is 0 Å². The quantitative estimate of drug-likeness (QED) is 0.827. The van der Waals surface area contributed by atoms with Crippen molar-refractivity contribution in [3.05, 3.63) is 95.9 Å². The maximum Gasteiger partial charge on any atom is 0.131 e. The molecule has 0 aliphatic carbocycles. The number of allylic oxidation sites excluding steroid dienone is 5. The molecule has 4 rings (SSSR count). The normalized spacial score (nSPS) is 16.1. The van der Waals surface area contributed by atoms with Crippen molar-refractivity contribution in [2.24, 2.45) is 0 Å². The Morgan fingerprint density at radius 1 is 0.762 bits per heavy atom. The molecule has 0 atom stereocenters. The van der Waals surface area contributed by atoms with Gasteiger partial charge >= 0.3 is 0 Å². The molecule has 2 aliphatic rings. The molecule has 0 unspecified atom stereocenters. The lowest BCUT2D eigenvalue weighted by molar-refractivity contribution is 0.450. The van der Waals surface area contributed by atoms with E-state index in [1.54, 1.807) is 0 Å². The molecule has 0 amide bonds. The second kappa shape index (κ2) is 4.98. The molecule has 0 bridgehead atoms. The van der Waals surface area contributed by atoms with Crippen molar-refractivity contribution in [3.63, 3.8) is 0 Å². The van der Waals surface area contributed by atoms with Crippen molar-refractivity contribution in [1.29, 1.82) is 0 Å². The van der Waals surface area contributed by atoms with E-state index in [0.29, 0.717) is 0 Å². The molecule has 0 aromatic heterocycles. The summed E-state index contributed by atoms with van der Waals surface area (Å²) in [4.78, 5) is 0. The number of ether oxygens (including phenoxy) is 1. The van der Waals surface area contributed by atoms with Crippen molar-refractivity contribution in [1.82, 2.24) is 5.32 Å². The summed E-state index contributed by atoms with van der Waals surface area (Å²) in [7, 11) is 0. The van der Waals surface area contributed by atoms with Gasteiger partial charge in [0.05, 0.1) is 5.92 Å². The third-order valence-electron chi connectivity index (χ3n) is 3.84. The lowest BCUT2D eigenvalue weighted by Crippen LogP contribution is -2.19. The van der Waals surface area contributed by atoms with Gasteiger partial charge in [0.25, 0.3) is 0 Å². The number of fused-ring (bicyclic) bond motifs is 2. The number of hydrogen-bond donors (Lipinski definition) is 1. The summed E-state index contributed by atoms with van der Waals surface area (Å²) < 4.78 is 6.04. The average Bonchev–Trinajstić information content (AvgIpc) is 2.81. The van der Waals surface area contributed by atoms with Gasteiger partial charge in [-0.3, -0.25) is 0 Å². The van der Waals surface area contributed by atoms with Gasteiger partial charge in [-0.2, -0.15) is 0 Å². The van der Waals surface area contributed by atoms with Gasteiger partial charge in [-0.05, 0) is 24.3 Å². The highest BCUT2D eigenvalue weighted by Crippen LogP contribution is 2.46. The van der Waals surface area contributed by atoms with E-state index in [0.717, 1.165) is 17.2 Å². The summed E-state index contributed by atoms with van der Waals surface area (Å²) in [5, 5.41) is 3.40. The zero-order chi connectivity index (χ0) is 14.1. The van der Waals surface area contributed by atoms with Crippen LogP contribution < -0.4 is 10.1 Å². The SMILES string of the molecule is C1=CC=C(C2c3ccccc3Oc3ccccc32)NC=C1. The van der Waals surface area contributed by atoms with E-state index in [1.807, 2.05) is 42.6 Å². The first-order valence-corrected chi connectivity index (χ1v) is 7.09. The lowest BCUT2D eigenvalue weighted by atomic mass is 9.85. The summed E-state index contributed by atoms with van der Waals surface area (Å²) in [6, 6.07) is 16.5. The summed E-state index contributed by atoms with van der Waals surface area (Å²) in [6.45, 7) is 0. The lowest BCUT2D eigenvalue weighted by Gasteiger charge is -2.29. The van der Waals surface area contributed by atoms with Gasteiger partial charge in [0.2, 0.25) is 0 Å². The summed E-state index contributed by atoms with van der Waals surface area (Å²) in [5.74, 6) is 2.03. The maximum atomic E-state index is 6.04. The molecule has 2 aliphatic heterocycles. The molecule has 2 nitrogen and oxygen atoms in total. The number of nitrogens with one attached hydrogen (secondary N) is 1. The Labute approximate surface area is 124 Å². The van der Waals surface area contributed by atoms with Crippen LogP contribution in [0.5, 0.6) is 11.5 Å². The van der Waals surface area contributed by atoms with Gasteiger partial charge in [-0.25, -0.2) is 0 Å². The molecule has 2 aromatic carbocycles. The van der Waals surface area contributed by atoms with Gasteiger partial charge < -0.3 is 10.1 Å². The zero-order valence-corrected chi connectivity index (χ0v) is 11.5. The van der Waals surface area contributed by atoms with Crippen LogP contribution in [0.1, 0.15) is 17.0 Å². The summed E-state index contributed by atoms with van der Waals surface area (Å²) in [6.07, 6.45) is 10.2. The highest BCUT2D eigenvalue weighted by Gasteiger charge is 2.29. The maximum absolute atomic E-state index is 6.04. The fourth-order valence-corrected chi connectivity index (χ4v) is 2.90. The Bertz CT molecular complexity index is 725. The van der Waals surface area contributed by atoms with Crippen LogP contribution in [0.15, 0.2) is 84.7 Å². The molecule has 0 spiro atoms. The van der Waals surface area contributed by atoms with E-state index in [4.69, 9.17) is 4.74 Å². The molecular weight excluding hydrogens is 258 g/mol. The Morgan fingerprint density at radius 2 is 1.43 bits per heavy atom. The minimum Gasteiger partial charge on any atom is -0.457 e. The van der Waals surface area contributed by atoms with Crippen LogP contribution in [0.4, 0.5) is 0 Å². The fourth-order valence-electron chi connectivity index (χ4n) is 2.90. The molecule has 102 valence electrons. The predicted octanol–water partition coefficient (Wildman–Crippen LogP) is 4.48. The third-order valence-corrected chi connectivity index (χ3v) is 3.84. The first kappa shape index (κ1) is 12.0. The van der Waals surface area contributed by atoms with E-state index < -0.39 is 0 Å². The van der Waals surface area contributed by atoms with Gasteiger partial charge in [-0.1, -0.05) is 48.6 Å². The number of para-hydroxylation sites is 2. The Hall–Kier alpha value is -2.74. The zero-order valence-electron chi connectivity index (χ0n) is 11.5. The Kier molecular flexibility index (Phi) is 2.86. The molecule has 2 aromatic rings. The van der Waals surface area contributed by atoms with Crippen molar-refractivity contribution < 1.29 is 4.74 Å². The van der Waals surface area contributed by atoms with Crippen molar-refractivity contribution in [3.8, 4) is 11.5 Å². The molecular formula is C19H15NO.